The van der Waals surface area contributed by atoms with Gasteiger partial charge in [0.15, 0.2) is 15.6 Å². The molecule has 6 nitrogen and oxygen atoms in total. The van der Waals surface area contributed by atoms with Crippen LogP contribution in [0.2, 0.25) is 5.02 Å². The number of carbonyl (C=O) groups excluding carboxylic acids is 1. The second-order valence-corrected chi connectivity index (χ2v) is 8.29. The molecule has 140 valence electrons. The molecule has 2 aromatic carbocycles. The summed E-state index contributed by atoms with van der Waals surface area (Å²) in [7, 11) is -2.17. The van der Waals surface area contributed by atoms with Gasteiger partial charge >= 0.3 is 0 Å². The first-order chi connectivity index (χ1) is 12.2. The van der Waals surface area contributed by atoms with Crippen molar-refractivity contribution in [1.82, 2.24) is 5.32 Å². The highest BCUT2D eigenvalue weighted by Crippen LogP contribution is 2.35. The highest BCUT2D eigenvalue weighted by molar-refractivity contribution is 7.90. The van der Waals surface area contributed by atoms with E-state index < -0.39 is 9.84 Å². The number of methoxy groups -OCH3 is 1. The molecule has 0 radical (unpaired) electrons. The smallest absolute Gasteiger partial charge is 0.239 e. The minimum atomic E-state index is -3.53. The Balaban J connectivity index is 2.05. The number of anilines is 1. The number of carbonyl (C=O) groups is 1. The molecule has 26 heavy (non-hydrogen) atoms. The van der Waals surface area contributed by atoms with Gasteiger partial charge in [0, 0.05) is 17.8 Å². The maximum Gasteiger partial charge on any atom is 0.239 e. The van der Waals surface area contributed by atoms with Crippen LogP contribution in [-0.2, 0) is 21.2 Å². The van der Waals surface area contributed by atoms with E-state index in [9.17, 15) is 13.2 Å². The topological polar surface area (TPSA) is 84.5 Å². The largest absolute Gasteiger partial charge is 0.493 e. The summed E-state index contributed by atoms with van der Waals surface area (Å²) in [6, 6.07) is 10.7. The van der Waals surface area contributed by atoms with Crippen LogP contribution in [0.4, 0.5) is 5.69 Å². The zero-order valence-corrected chi connectivity index (χ0v) is 16.4. The second-order valence-electron chi connectivity index (χ2n) is 5.87. The Morgan fingerprint density at radius 1 is 1.19 bits per heavy atom. The third-order valence-electron chi connectivity index (χ3n) is 3.67. The number of ether oxygens (including phenoxy) is 1. The molecule has 1 amide bonds. The summed E-state index contributed by atoms with van der Waals surface area (Å²) in [6.45, 7) is 2.35. The van der Waals surface area contributed by atoms with Gasteiger partial charge in [0.1, 0.15) is 4.90 Å². The quantitative estimate of drug-likeness (QED) is 0.751. The maximum absolute atomic E-state index is 12.1. The molecule has 0 aliphatic heterocycles. The van der Waals surface area contributed by atoms with Gasteiger partial charge in [-0.15, -0.1) is 0 Å². The number of benzene rings is 2. The van der Waals surface area contributed by atoms with Crippen molar-refractivity contribution in [1.29, 1.82) is 0 Å². The zero-order valence-electron chi connectivity index (χ0n) is 14.8. The van der Waals surface area contributed by atoms with Crippen molar-refractivity contribution in [2.75, 3.05) is 25.2 Å². The fourth-order valence-corrected chi connectivity index (χ4v) is 3.48. The Bertz CT molecular complexity index is 896. The Hall–Kier alpha value is -2.25. The molecule has 8 heteroatoms. The average Bonchev–Trinajstić information content (AvgIpc) is 2.58. The fraction of sp³-hybridized carbons (Fsp3) is 0.278. The van der Waals surface area contributed by atoms with Crippen molar-refractivity contribution in [3.05, 3.63) is 52.5 Å². The lowest BCUT2D eigenvalue weighted by atomic mass is 10.1. The normalized spacial score (nSPS) is 11.1. The summed E-state index contributed by atoms with van der Waals surface area (Å²) < 4.78 is 29.0. The van der Waals surface area contributed by atoms with E-state index in [1.165, 1.54) is 19.2 Å². The molecule has 2 N–H and O–H groups in total. The fourth-order valence-electron chi connectivity index (χ4n) is 2.33. The van der Waals surface area contributed by atoms with E-state index in [1.54, 1.807) is 0 Å². The van der Waals surface area contributed by atoms with Crippen LogP contribution < -0.4 is 15.4 Å². The third kappa shape index (κ3) is 5.37. The minimum absolute atomic E-state index is 0.0323. The number of rotatable bonds is 7. The summed E-state index contributed by atoms with van der Waals surface area (Å²) in [4.78, 5) is 12.0. The predicted molar refractivity (Wildman–Crippen MR) is 103 cm³/mol. The summed E-state index contributed by atoms with van der Waals surface area (Å²) in [5.74, 6) is -0.114. The SMILES string of the molecule is COc1c(NCC(=O)NCc2ccc(C)cc2)cc(Cl)cc1S(C)(=O)=O. The summed E-state index contributed by atoms with van der Waals surface area (Å²) in [5.41, 5.74) is 2.48. The molecule has 2 aromatic rings. The van der Waals surface area contributed by atoms with Crippen LogP contribution in [0.15, 0.2) is 41.3 Å². The van der Waals surface area contributed by atoms with Gasteiger partial charge in [-0.3, -0.25) is 4.79 Å². The number of sulfone groups is 1. The summed E-state index contributed by atoms with van der Waals surface area (Å²) in [5, 5.41) is 5.90. The van der Waals surface area contributed by atoms with E-state index in [2.05, 4.69) is 10.6 Å². The Kier molecular flexibility index (Phi) is 6.50. The second kappa shape index (κ2) is 8.42. The van der Waals surface area contributed by atoms with Gasteiger partial charge in [-0.25, -0.2) is 8.42 Å². The molecular weight excluding hydrogens is 376 g/mol. The maximum atomic E-state index is 12.1. The van der Waals surface area contributed by atoms with Crippen LogP contribution in [0.1, 0.15) is 11.1 Å². The van der Waals surface area contributed by atoms with E-state index in [1.807, 2.05) is 31.2 Å². The first-order valence-corrected chi connectivity index (χ1v) is 10.1. The molecule has 0 aromatic heterocycles. The number of amides is 1. The van der Waals surface area contributed by atoms with Crippen LogP contribution in [0, 0.1) is 6.92 Å². The van der Waals surface area contributed by atoms with Gasteiger partial charge in [-0.1, -0.05) is 41.4 Å². The summed E-state index contributed by atoms with van der Waals surface area (Å²) in [6.07, 6.45) is 1.07. The molecule has 0 saturated carbocycles. The van der Waals surface area contributed by atoms with Crippen LogP contribution in [-0.4, -0.2) is 34.2 Å². The van der Waals surface area contributed by atoms with Gasteiger partial charge < -0.3 is 15.4 Å². The van der Waals surface area contributed by atoms with E-state index in [-0.39, 0.29) is 28.1 Å². The molecular formula is C18H21ClN2O4S. The van der Waals surface area contributed by atoms with Gasteiger partial charge in [-0.05, 0) is 24.6 Å². The average molecular weight is 397 g/mol. The molecule has 0 fully saturated rings. The van der Waals surface area contributed by atoms with Crippen molar-refractivity contribution >= 4 is 33.0 Å². The lowest BCUT2D eigenvalue weighted by Crippen LogP contribution is -2.29. The third-order valence-corrected chi connectivity index (χ3v) is 4.99. The van der Waals surface area contributed by atoms with Crippen molar-refractivity contribution in [2.45, 2.75) is 18.4 Å². The van der Waals surface area contributed by atoms with E-state index in [0.717, 1.165) is 17.4 Å². The predicted octanol–water partition coefficient (Wildman–Crippen LogP) is 2.79. The number of nitrogens with one attached hydrogen (secondary N) is 2. The molecule has 0 bridgehead atoms. The first kappa shape index (κ1) is 20.1. The molecule has 0 saturated heterocycles. The van der Waals surface area contributed by atoms with Crippen molar-refractivity contribution in [3.8, 4) is 5.75 Å². The number of aryl methyl sites for hydroxylation is 1. The Morgan fingerprint density at radius 3 is 2.42 bits per heavy atom. The van der Waals surface area contributed by atoms with Crippen molar-refractivity contribution in [2.24, 2.45) is 0 Å². The van der Waals surface area contributed by atoms with Gasteiger partial charge in [-0.2, -0.15) is 0 Å². The van der Waals surface area contributed by atoms with E-state index >= 15 is 0 Å². The lowest BCUT2D eigenvalue weighted by molar-refractivity contribution is -0.119. The number of halogens is 1. The lowest BCUT2D eigenvalue weighted by Gasteiger charge is -2.15. The van der Waals surface area contributed by atoms with Crippen molar-refractivity contribution in [3.63, 3.8) is 0 Å². The van der Waals surface area contributed by atoms with E-state index in [0.29, 0.717) is 12.2 Å². The number of hydrogen-bond acceptors (Lipinski definition) is 5. The molecule has 0 spiro atoms. The summed E-state index contributed by atoms with van der Waals surface area (Å²) >= 11 is 5.99. The standard InChI is InChI=1S/C18H21ClN2O4S/c1-12-4-6-13(7-5-12)10-21-17(22)11-20-15-8-14(19)9-16(18(15)25-2)26(3,23)24/h4-9,20H,10-11H2,1-3H3,(H,21,22). The molecule has 0 heterocycles. The first-order valence-electron chi connectivity index (χ1n) is 7.84. The zero-order chi connectivity index (χ0) is 19.3. The van der Waals surface area contributed by atoms with Gasteiger partial charge in [0.25, 0.3) is 0 Å². The molecule has 0 aliphatic rings. The van der Waals surface area contributed by atoms with Gasteiger partial charge in [0.05, 0.1) is 19.3 Å². The molecule has 0 unspecified atom stereocenters. The Labute approximate surface area is 158 Å². The van der Waals surface area contributed by atoms with Crippen molar-refractivity contribution < 1.29 is 17.9 Å². The van der Waals surface area contributed by atoms with E-state index in [4.69, 9.17) is 16.3 Å². The van der Waals surface area contributed by atoms with Crippen LogP contribution in [0.3, 0.4) is 0 Å². The van der Waals surface area contributed by atoms with Crippen LogP contribution >= 0.6 is 11.6 Å². The highest BCUT2D eigenvalue weighted by Gasteiger charge is 2.19. The van der Waals surface area contributed by atoms with Crippen LogP contribution in [0.5, 0.6) is 5.75 Å². The number of hydrogen-bond donors (Lipinski definition) is 2. The Morgan fingerprint density at radius 2 is 1.85 bits per heavy atom. The molecule has 0 aliphatic carbocycles. The van der Waals surface area contributed by atoms with Crippen LogP contribution in [0.25, 0.3) is 0 Å². The van der Waals surface area contributed by atoms with Gasteiger partial charge in [0.2, 0.25) is 5.91 Å². The molecule has 0 atom stereocenters. The minimum Gasteiger partial charge on any atom is -0.493 e. The monoisotopic (exact) mass is 396 g/mol. The highest BCUT2D eigenvalue weighted by atomic mass is 35.5. The molecule has 2 rings (SSSR count).